The molecule has 3 aliphatic heterocycles. The zero-order valence-corrected chi connectivity index (χ0v) is 25.8. The molecular formula is C35H35F3N6O2. The number of anilines is 1. The third-order valence-corrected chi connectivity index (χ3v) is 9.75. The van der Waals surface area contributed by atoms with Crippen molar-refractivity contribution in [1.82, 2.24) is 25.2 Å². The highest BCUT2D eigenvalue weighted by Crippen LogP contribution is 2.40. The van der Waals surface area contributed by atoms with Crippen LogP contribution in [0.4, 0.5) is 19.0 Å². The van der Waals surface area contributed by atoms with Crippen molar-refractivity contribution in [1.29, 1.82) is 0 Å². The molecule has 0 radical (unpaired) electrons. The quantitative estimate of drug-likeness (QED) is 0.263. The minimum absolute atomic E-state index is 0.0312. The topological polar surface area (TPSA) is 86.6 Å². The van der Waals surface area contributed by atoms with Crippen LogP contribution in [0.25, 0.3) is 32.9 Å². The largest absolute Gasteiger partial charge is 0.508 e. The first kappa shape index (κ1) is 30.3. The lowest BCUT2D eigenvalue weighted by Gasteiger charge is -2.41. The van der Waals surface area contributed by atoms with Crippen LogP contribution in [0.5, 0.6) is 11.8 Å². The van der Waals surface area contributed by atoms with Gasteiger partial charge in [0.25, 0.3) is 0 Å². The molecule has 46 heavy (non-hydrogen) atoms. The van der Waals surface area contributed by atoms with E-state index >= 15 is 4.39 Å². The van der Waals surface area contributed by atoms with Crippen molar-refractivity contribution in [3.8, 4) is 35.4 Å². The molecule has 7 rings (SSSR count). The van der Waals surface area contributed by atoms with Gasteiger partial charge in [0, 0.05) is 60.8 Å². The molecule has 4 aromatic rings. The number of aromatic hydroxyl groups is 1. The second kappa shape index (κ2) is 11.8. The first-order chi connectivity index (χ1) is 22.2. The monoisotopic (exact) mass is 628 g/mol. The van der Waals surface area contributed by atoms with Gasteiger partial charge in [-0.05, 0) is 55.0 Å². The predicted molar refractivity (Wildman–Crippen MR) is 171 cm³/mol. The van der Waals surface area contributed by atoms with Gasteiger partial charge in [0.2, 0.25) is 0 Å². The Bertz CT molecular complexity index is 1910. The van der Waals surface area contributed by atoms with Crippen LogP contribution in [0.1, 0.15) is 38.7 Å². The molecule has 0 unspecified atom stereocenters. The van der Waals surface area contributed by atoms with Gasteiger partial charge >= 0.3 is 6.01 Å². The normalized spacial score (nSPS) is 24.2. The molecule has 11 heteroatoms. The fraction of sp³-hybridized carbons (Fsp3) is 0.400. The van der Waals surface area contributed by atoms with Gasteiger partial charge in [-0.1, -0.05) is 25.8 Å². The van der Waals surface area contributed by atoms with Gasteiger partial charge in [0.1, 0.15) is 35.2 Å². The summed E-state index contributed by atoms with van der Waals surface area (Å²) in [5.74, 6) is 1.29. The summed E-state index contributed by atoms with van der Waals surface area (Å²) in [5.41, 5.74) is -0.0775. The molecular weight excluding hydrogens is 593 g/mol. The van der Waals surface area contributed by atoms with Gasteiger partial charge in [-0.25, -0.2) is 13.2 Å². The van der Waals surface area contributed by atoms with E-state index in [1.165, 1.54) is 30.5 Å². The van der Waals surface area contributed by atoms with Crippen molar-refractivity contribution in [2.24, 2.45) is 5.41 Å². The molecule has 0 spiro atoms. The summed E-state index contributed by atoms with van der Waals surface area (Å²) in [6, 6.07) is 5.97. The van der Waals surface area contributed by atoms with Crippen molar-refractivity contribution in [2.45, 2.75) is 45.2 Å². The van der Waals surface area contributed by atoms with Crippen molar-refractivity contribution in [2.75, 3.05) is 44.2 Å². The molecule has 3 atom stereocenters. The third kappa shape index (κ3) is 5.19. The van der Waals surface area contributed by atoms with Crippen LogP contribution in [-0.2, 0) is 0 Å². The molecule has 5 heterocycles. The lowest BCUT2D eigenvalue weighted by molar-refractivity contribution is 0.0977. The second-order valence-electron chi connectivity index (χ2n) is 12.8. The fourth-order valence-electron chi connectivity index (χ4n) is 7.31. The van der Waals surface area contributed by atoms with Gasteiger partial charge < -0.3 is 25.0 Å². The molecule has 2 N–H and O–H groups in total. The van der Waals surface area contributed by atoms with Gasteiger partial charge in [-0.2, -0.15) is 9.97 Å². The van der Waals surface area contributed by atoms with Crippen LogP contribution in [0.2, 0.25) is 0 Å². The zero-order valence-electron chi connectivity index (χ0n) is 25.8. The average molecular weight is 629 g/mol. The number of phenolic OH excluding ortho intramolecular Hbond substituents is 1. The lowest BCUT2D eigenvalue weighted by Crippen LogP contribution is -2.51. The Balaban J connectivity index is 1.37. The summed E-state index contributed by atoms with van der Waals surface area (Å²) in [6.07, 6.45) is 10.5. The van der Waals surface area contributed by atoms with E-state index < -0.39 is 17.0 Å². The van der Waals surface area contributed by atoms with Crippen LogP contribution < -0.4 is 15.0 Å². The first-order valence-electron chi connectivity index (χ1n) is 15.7. The number of fused-ring (bicyclic) bond motifs is 4. The number of benzene rings is 2. The van der Waals surface area contributed by atoms with E-state index in [0.29, 0.717) is 54.5 Å². The number of piperazine rings is 1. The lowest BCUT2D eigenvalue weighted by atomic mass is 9.78. The van der Waals surface area contributed by atoms with Crippen LogP contribution in [0, 0.1) is 29.4 Å². The SMILES string of the molecule is C#Cc1c(F)ccc2cc(O)cc(-c3ncc4c(N5C[C@H]6CC[C@@H](C5)N6)nc(OC[C@]5(C)CN(CC)CC/C5=C\F)nc4c3F)c12. The maximum absolute atomic E-state index is 16.8. The molecule has 2 aromatic carbocycles. The number of piperidine rings is 1. The van der Waals surface area contributed by atoms with Crippen LogP contribution in [0.15, 0.2) is 42.4 Å². The number of likely N-dealkylation sites (tertiary alicyclic amines) is 1. The Morgan fingerprint density at radius 2 is 1.98 bits per heavy atom. The summed E-state index contributed by atoms with van der Waals surface area (Å²) in [7, 11) is 0. The zero-order chi connectivity index (χ0) is 32.2. The molecule has 238 valence electrons. The number of phenols is 1. The third-order valence-electron chi connectivity index (χ3n) is 9.75. The maximum Gasteiger partial charge on any atom is 0.319 e. The van der Waals surface area contributed by atoms with E-state index in [4.69, 9.17) is 16.1 Å². The van der Waals surface area contributed by atoms with Gasteiger partial charge in [-0.15, -0.1) is 6.42 Å². The van der Waals surface area contributed by atoms with Crippen molar-refractivity contribution in [3.63, 3.8) is 0 Å². The Kier molecular flexibility index (Phi) is 7.73. The molecule has 3 aliphatic rings. The first-order valence-corrected chi connectivity index (χ1v) is 15.7. The Hall–Kier alpha value is -4.40. The van der Waals surface area contributed by atoms with Crippen molar-refractivity contribution < 1.29 is 23.0 Å². The summed E-state index contributed by atoms with van der Waals surface area (Å²) < 4.78 is 51.9. The average Bonchev–Trinajstić information content (AvgIpc) is 3.40. The summed E-state index contributed by atoms with van der Waals surface area (Å²) >= 11 is 0. The number of halogens is 3. The standard InChI is InChI=1S/C35H35F3N6O2/c1-4-25-28(37)9-6-20-12-24(45)13-26(29(20)25)31-30(38)32-27(15-39-31)33(44-16-22-7-8-23(17-44)40-22)42-34(41-32)46-19-35(3)18-43(5-2)11-10-21(35)14-36/h1,6,9,12-15,22-23,40,45H,5,7-8,10-11,16-19H2,2-3H3/b21-14+/t22-,23+,35-/m0/s1. The number of hydrogen-bond acceptors (Lipinski definition) is 8. The fourth-order valence-corrected chi connectivity index (χ4v) is 7.31. The number of nitrogens with zero attached hydrogens (tertiary/aromatic N) is 5. The van der Waals surface area contributed by atoms with Crippen molar-refractivity contribution >= 4 is 27.5 Å². The summed E-state index contributed by atoms with van der Waals surface area (Å²) in [6.45, 7) is 7.65. The van der Waals surface area contributed by atoms with E-state index in [1.807, 2.05) is 6.92 Å². The van der Waals surface area contributed by atoms with Gasteiger partial charge in [0.05, 0.1) is 17.3 Å². The minimum atomic E-state index is -0.784. The van der Waals surface area contributed by atoms with E-state index in [1.54, 1.807) is 0 Å². The molecule has 2 bridgehead atoms. The number of ether oxygens (including phenoxy) is 1. The smallest absolute Gasteiger partial charge is 0.319 e. The number of aromatic nitrogens is 3. The molecule has 3 fully saturated rings. The maximum atomic E-state index is 16.8. The number of pyridine rings is 1. The van der Waals surface area contributed by atoms with Crippen molar-refractivity contribution in [3.05, 3.63) is 59.6 Å². The van der Waals surface area contributed by atoms with Crippen LogP contribution in [0.3, 0.4) is 0 Å². The molecule has 0 amide bonds. The molecule has 3 saturated heterocycles. The Morgan fingerprint density at radius 3 is 2.70 bits per heavy atom. The van der Waals surface area contributed by atoms with E-state index in [0.717, 1.165) is 25.9 Å². The van der Waals surface area contributed by atoms with Gasteiger partial charge in [-0.3, -0.25) is 4.98 Å². The number of rotatable bonds is 6. The Labute approximate surface area is 265 Å². The Morgan fingerprint density at radius 1 is 1.20 bits per heavy atom. The molecule has 8 nitrogen and oxygen atoms in total. The highest BCUT2D eigenvalue weighted by molar-refractivity contribution is 6.03. The van der Waals surface area contributed by atoms with Crippen LogP contribution in [-0.4, -0.2) is 76.4 Å². The number of terminal acetylenes is 1. The summed E-state index contributed by atoms with van der Waals surface area (Å²) in [4.78, 5) is 18.2. The summed E-state index contributed by atoms with van der Waals surface area (Å²) in [5, 5.41) is 15.2. The number of hydrogen-bond donors (Lipinski definition) is 2. The molecule has 0 aliphatic carbocycles. The molecule has 2 aromatic heterocycles. The number of nitrogens with one attached hydrogen (secondary N) is 1. The molecule has 0 saturated carbocycles. The second-order valence-corrected chi connectivity index (χ2v) is 12.8. The predicted octanol–water partition coefficient (Wildman–Crippen LogP) is 5.71. The van der Waals surface area contributed by atoms with E-state index in [9.17, 15) is 13.9 Å². The van der Waals surface area contributed by atoms with Gasteiger partial charge in [0.15, 0.2) is 5.82 Å². The highest BCUT2D eigenvalue weighted by Gasteiger charge is 2.37. The van der Waals surface area contributed by atoms with Crippen LogP contribution >= 0.6 is 0 Å². The van der Waals surface area contributed by atoms with E-state index in [2.05, 4.69) is 37.9 Å². The highest BCUT2D eigenvalue weighted by atomic mass is 19.1. The minimum Gasteiger partial charge on any atom is -0.508 e. The van der Waals surface area contributed by atoms with E-state index in [-0.39, 0.29) is 58.2 Å².